The Labute approximate surface area is 79.0 Å². The molecule has 0 aromatic heterocycles. The lowest BCUT2D eigenvalue weighted by Gasteiger charge is -2.09. The second kappa shape index (κ2) is 3.78. The van der Waals surface area contributed by atoms with Crippen LogP contribution in [0.15, 0.2) is 18.2 Å². The molecule has 0 saturated heterocycles. The van der Waals surface area contributed by atoms with Gasteiger partial charge in [-0.05, 0) is 30.5 Å². The van der Waals surface area contributed by atoms with Crippen LogP contribution in [0.1, 0.15) is 22.6 Å². The van der Waals surface area contributed by atoms with Gasteiger partial charge in [0.25, 0.3) is 0 Å². The third-order valence-corrected chi connectivity index (χ3v) is 2.13. The molecule has 1 rings (SSSR count). The average Bonchev–Trinajstić information content (AvgIpc) is 2.11. The number of benzene rings is 1. The number of rotatable bonds is 1. The van der Waals surface area contributed by atoms with Crippen molar-refractivity contribution in [3.05, 3.63) is 34.9 Å². The highest BCUT2D eigenvalue weighted by Gasteiger charge is 2.11. The molecule has 1 aromatic carbocycles. The van der Waals surface area contributed by atoms with Crippen LogP contribution in [-0.2, 0) is 0 Å². The van der Waals surface area contributed by atoms with Crippen molar-refractivity contribution in [2.45, 2.75) is 19.8 Å². The molecule has 1 aromatic rings. The monoisotopic (exact) mass is 169 g/mol. The maximum atomic E-state index is 8.84. The van der Waals surface area contributed by atoms with Gasteiger partial charge in [0.1, 0.15) is 5.92 Å². The number of terminal acetylenes is 1. The van der Waals surface area contributed by atoms with E-state index in [9.17, 15) is 0 Å². The molecule has 1 nitrogen and oxygen atoms in total. The first-order valence-electron chi connectivity index (χ1n) is 4.12. The molecule has 1 unspecified atom stereocenters. The van der Waals surface area contributed by atoms with Gasteiger partial charge >= 0.3 is 0 Å². The van der Waals surface area contributed by atoms with Crippen molar-refractivity contribution in [3.8, 4) is 18.4 Å². The summed E-state index contributed by atoms with van der Waals surface area (Å²) in [6.07, 6.45) is 5.28. The van der Waals surface area contributed by atoms with E-state index in [0.29, 0.717) is 0 Å². The summed E-state index contributed by atoms with van der Waals surface area (Å²) >= 11 is 0. The summed E-state index contributed by atoms with van der Waals surface area (Å²) in [7, 11) is 0. The lowest BCUT2D eigenvalue weighted by atomic mass is 9.92. The maximum absolute atomic E-state index is 8.84. The maximum Gasteiger partial charge on any atom is 0.132 e. The zero-order valence-corrected chi connectivity index (χ0v) is 7.83. The van der Waals surface area contributed by atoms with E-state index in [1.165, 1.54) is 0 Å². The van der Waals surface area contributed by atoms with E-state index in [4.69, 9.17) is 11.7 Å². The molecule has 0 aliphatic carbocycles. The second-order valence-electron chi connectivity index (χ2n) is 3.03. The largest absolute Gasteiger partial charge is 0.197 e. The van der Waals surface area contributed by atoms with Crippen molar-refractivity contribution in [2.75, 3.05) is 0 Å². The van der Waals surface area contributed by atoms with Crippen molar-refractivity contribution >= 4 is 0 Å². The summed E-state index contributed by atoms with van der Waals surface area (Å²) in [4.78, 5) is 0. The average molecular weight is 169 g/mol. The molecule has 64 valence electrons. The Balaban J connectivity index is 3.30. The Kier molecular flexibility index (Phi) is 2.72. The molecule has 0 fully saturated rings. The molecule has 1 atom stereocenters. The molecular weight excluding hydrogens is 158 g/mol. The Bertz CT molecular complexity index is 356. The van der Waals surface area contributed by atoms with Gasteiger partial charge in [-0.15, -0.1) is 6.42 Å². The van der Waals surface area contributed by atoms with Crippen LogP contribution in [0.25, 0.3) is 0 Å². The summed E-state index contributed by atoms with van der Waals surface area (Å²) in [6.45, 7) is 3.95. The molecule has 0 N–H and O–H groups in total. The van der Waals surface area contributed by atoms with Gasteiger partial charge in [0.2, 0.25) is 0 Å². The Morgan fingerprint density at radius 2 is 1.85 bits per heavy atom. The molecular formula is C12H11N. The first kappa shape index (κ1) is 9.36. The number of nitrogens with zero attached hydrogens (tertiary/aromatic N) is 1. The summed E-state index contributed by atoms with van der Waals surface area (Å²) in [5.41, 5.74) is 3.15. The first-order chi connectivity index (χ1) is 6.20. The Morgan fingerprint density at radius 1 is 1.31 bits per heavy atom. The van der Waals surface area contributed by atoms with E-state index in [0.717, 1.165) is 16.7 Å². The van der Waals surface area contributed by atoms with Crippen molar-refractivity contribution in [2.24, 2.45) is 0 Å². The SMILES string of the molecule is C#CC(C#N)c1c(C)cccc1C. The molecule has 0 spiro atoms. The van der Waals surface area contributed by atoms with Crippen LogP contribution in [-0.4, -0.2) is 0 Å². The molecule has 1 heteroatoms. The van der Waals surface area contributed by atoms with E-state index in [1.54, 1.807) is 0 Å². The van der Waals surface area contributed by atoms with Gasteiger partial charge in [-0.2, -0.15) is 5.26 Å². The highest BCUT2D eigenvalue weighted by atomic mass is 14.3. The summed E-state index contributed by atoms with van der Waals surface area (Å²) in [6, 6.07) is 8.04. The molecule has 0 heterocycles. The smallest absolute Gasteiger partial charge is 0.132 e. The highest BCUT2D eigenvalue weighted by molar-refractivity contribution is 5.43. The van der Waals surface area contributed by atoms with Gasteiger partial charge in [0.05, 0.1) is 6.07 Å². The minimum absolute atomic E-state index is 0.416. The summed E-state index contributed by atoms with van der Waals surface area (Å²) < 4.78 is 0. The summed E-state index contributed by atoms with van der Waals surface area (Å²) in [5, 5.41) is 8.84. The number of hydrogen-bond acceptors (Lipinski definition) is 1. The van der Waals surface area contributed by atoms with Crippen LogP contribution in [0, 0.1) is 37.5 Å². The lowest BCUT2D eigenvalue weighted by molar-refractivity contribution is 1.08. The molecule has 0 radical (unpaired) electrons. The van der Waals surface area contributed by atoms with E-state index >= 15 is 0 Å². The van der Waals surface area contributed by atoms with Crippen molar-refractivity contribution in [1.82, 2.24) is 0 Å². The zero-order chi connectivity index (χ0) is 9.84. The minimum atomic E-state index is -0.416. The van der Waals surface area contributed by atoms with Gasteiger partial charge in [-0.1, -0.05) is 24.1 Å². The molecule has 0 saturated carbocycles. The van der Waals surface area contributed by atoms with Crippen molar-refractivity contribution < 1.29 is 0 Å². The van der Waals surface area contributed by atoms with E-state index in [2.05, 4.69) is 12.0 Å². The zero-order valence-electron chi connectivity index (χ0n) is 7.83. The van der Waals surface area contributed by atoms with Gasteiger partial charge < -0.3 is 0 Å². The quantitative estimate of drug-likeness (QED) is 0.593. The first-order valence-corrected chi connectivity index (χ1v) is 4.12. The van der Waals surface area contributed by atoms with Crippen molar-refractivity contribution in [3.63, 3.8) is 0 Å². The Morgan fingerprint density at radius 3 is 2.23 bits per heavy atom. The van der Waals surface area contributed by atoms with E-state index in [1.807, 2.05) is 32.0 Å². The van der Waals surface area contributed by atoms with E-state index in [-0.39, 0.29) is 0 Å². The van der Waals surface area contributed by atoms with Crippen molar-refractivity contribution in [1.29, 1.82) is 5.26 Å². The number of nitriles is 1. The predicted octanol–water partition coefficient (Wildman–Crippen LogP) is 2.54. The van der Waals surface area contributed by atoms with Crippen LogP contribution < -0.4 is 0 Å². The molecule has 0 aliphatic rings. The van der Waals surface area contributed by atoms with Gasteiger partial charge in [0.15, 0.2) is 0 Å². The van der Waals surface area contributed by atoms with Crippen LogP contribution in [0.3, 0.4) is 0 Å². The minimum Gasteiger partial charge on any atom is -0.197 e. The third-order valence-electron chi connectivity index (χ3n) is 2.13. The fourth-order valence-corrected chi connectivity index (χ4v) is 1.47. The van der Waals surface area contributed by atoms with Crippen LogP contribution in [0.4, 0.5) is 0 Å². The molecule has 0 bridgehead atoms. The fourth-order valence-electron chi connectivity index (χ4n) is 1.47. The summed E-state index contributed by atoms with van der Waals surface area (Å²) in [5.74, 6) is 2.07. The van der Waals surface area contributed by atoms with Gasteiger partial charge in [-0.3, -0.25) is 0 Å². The van der Waals surface area contributed by atoms with Gasteiger partial charge in [-0.25, -0.2) is 0 Å². The number of aryl methyl sites for hydroxylation is 2. The highest BCUT2D eigenvalue weighted by Crippen LogP contribution is 2.22. The van der Waals surface area contributed by atoms with E-state index < -0.39 is 5.92 Å². The number of hydrogen-bond donors (Lipinski definition) is 0. The fraction of sp³-hybridized carbons (Fsp3) is 0.250. The third kappa shape index (κ3) is 1.71. The Hall–Kier alpha value is -1.73. The standard InChI is InChI=1S/C12H11N/c1-4-11(8-13)12-9(2)6-5-7-10(12)3/h1,5-7,11H,2-3H3. The van der Waals surface area contributed by atoms with Crippen LogP contribution in [0.5, 0.6) is 0 Å². The van der Waals surface area contributed by atoms with Gasteiger partial charge in [0, 0.05) is 0 Å². The topological polar surface area (TPSA) is 23.8 Å². The predicted molar refractivity (Wildman–Crippen MR) is 53.1 cm³/mol. The molecule has 13 heavy (non-hydrogen) atoms. The van der Waals surface area contributed by atoms with Crippen LogP contribution >= 0.6 is 0 Å². The molecule has 0 amide bonds. The molecule has 0 aliphatic heterocycles. The lowest BCUT2D eigenvalue weighted by Crippen LogP contribution is -1.98. The normalized spacial score (nSPS) is 11.4. The van der Waals surface area contributed by atoms with Crippen LogP contribution in [0.2, 0.25) is 0 Å². The second-order valence-corrected chi connectivity index (χ2v) is 3.03.